The predicted molar refractivity (Wildman–Crippen MR) is 121 cm³/mol. The Morgan fingerprint density at radius 1 is 1.15 bits per heavy atom. The molecule has 1 aromatic carbocycles. The fourth-order valence-corrected chi connectivity index (χ4v) is 3.86. The molecular weight excluding hydrogens is 428 g/mol. The molecule has 5 atom stereocenters. The van der Waals surface area contributed by atoms with Gasteiger partial charge in [0.15, 0.2) is 0 Å². The summed E-state index contributed by atoms with van der Waals surface area (Å²) in [5.41, 5.74) is 3.83. The van der Waals surface area contributed by atoms with Crippen LogP contribution in [0.5, 0.6) is 11.6 Å². The summed E-state index contributed by atoms with van der Waals surface area (Å²) in [6, 6.07) is 5.98. The number of rotatable bonds is 10. The quantitative estimate of drug-likeness (QED) is 0.336. The predicted octanol–water partition coefficient (Wildman–Crippen LogP) is 1.79. The Bertz CT molecular complexity index is 899. The summed E-state index contributed by atoms with van der Waals surface area (Å²) in [4.78, 5) is 0. The third-order valence-corrected chi connectivity index (χ3v) is 5.96. The number of hydrogen-bond donors (Lipinski definition) is 5. The van der Waals surface area contributed by atoms with Gasteiger partial charge in [-0.05, 0) is 42.5 Å². The van der Waals surface area contributed by atoms with Gasteiger partial charge in [0.2, 0.25) is 12.2 Å². The minimum Gasteiger partial charge on any atom is -0.494 e. The number of ether oxygens (including phenoxy) is 3. The van der Waals surface area contributed by atoms with Crippen molar-refractivity contribution in [2.24, 2.45) is 0 Å². The Balaban J connectivity index is 1.82. The Morgan fingerprint density at radius 2 is 1.91 bits per heavy atom. The van der Waals surface area contributed by atoms with Crippen LogP contribution in [0.3, 0.4) is 0 Å². The highest BCUT2D eigenvalue weighted by Crippen LogP contribution is 2.32. The number of aromatic amines is 1. The molecule has 1 fully saturated rings. The molecule has 0 amide bonds. The molecule has 184 valence electrons. The van der Waals surface area contributed by atoms with Crippen LogP contribution in [0.4, 0.5) is 0 Å². The summed E-state index contributed by atoms with van der Waals surface area (Å²) in [6.07, 6.45) is -4.21. The van der Waals surface area contributed by atoms with Crippen LogP contribution in [0.1, 0.15) is 61.9 Å². The summed E-state index contributed by atoms with van der Waals surface area (Å²) in [7, 11) is 0. The summed E-state index contributed by atoms with van der Waals surface area (Å²) in [6.45, 7) is 8.37. The highest BCUT2D eigenvalue weighted by molar-refractivity contribution is 5.42. The van der Waals surface area contributed by atoms with Gasteiger partial charge in [-0.2, -0.15) is 0 Å². The molecule has 0 unspecified atom stereocenters. The van der Waals surface area contributed by atoms with Crippen LogP contribution in [-0.4, -0.2) is 74.5 Å². The van der Waals surface area contributed by atoms with E-state index in [4.69, 9.17) is 14.2 Å². The van der Waals surface area contributed by atoms with Crippen LogP contribution in [0.15, 0.2) is 18.2 Å². The average Bonchev–Trinajstić information content (AvgIpc) is 3.18. The van der Waals surface area contributed by atoms with E-state index in [0.717, 1.165) is 41.0 Å². The normalized spacial score (nSPS) is 25.4. The summed E-state index contributed by atoms with van der Waals surface area (Å²) in [5.74, 6) is 1.21. The second-order valence-corrected chi connectivity index (χ2v) is 8.86. The van der Waals surface area contributed by atoms with Crippen LogP contribution in [-0.2, 0) is 11.2 Å². The molecule has 0 spiro atoms. The molecule has 1 aliphatic rings. The van der Waals surface area contributed by atoms with Gasteiger partial charge in [0.05, 0.1) is 13.2 Å². The Labute approximate surface area is 194 Å². The van der Waals surface area contributed by atoms with Gasteiger partial charge in [0.1, 0.15) is 30.2 Å². The van der Waals surface area contributed by atoms with Crippen LogP contribution >= 0.6 is 0 Å². The van der Waals surface area contributed by atoms with Gasteiger partial charge in [0.25, 0.3) is 0 Å². The zero-order chi connectivity index (χ0) is 24.1. The van der Waals surface area contributed by atoms with E-state index in [1.165, 1.54) is 0 Å². The molecule has 9 heteroatoms. The third kappa shape index (κ3) is 5.85. The van der Waals surface area contributed by atoms with Crippen molar-refractivity contribution in [3.63, 3.8) is 0 Å². The standard InChI is InChI=1S/C24H36N2O7/c1-5-6-9-31-16-8-7-15(14(4)10-16)11-17-19(13(2)3)25-26-23(17)33-24-22(30)21(29)20(28)18(12-27)32-24/h7-8,10,13,18,20-22,24,27-30H,5-6,9,11-12H2,1-4H3,(H,25,26)/t18-,20-,21+,22-,24+/m1/s1. The van der Waals surface area contributed by atoms with Crippen molar-refractivity contribution < 1.29 is 34.6 Å². The number of aliphatic hydroxyl groups is 4. The highest BCUT2D eigenvalue weighted by Gasteiger charge is 2.45. The van der Waals surface area contributed by atoms with Gasteiger partial charge < -0.3 is 34.6 Å². The first-order valence-corrected chi connectivity index (χ1v) is 11.5. The van der Waals surface area contributed by atoms with Crippen LogP contribution in [0, 0.1) is 6.92 Å². The number of aryl methyl sites for hydroxylation is 1. The van der Waals surface area contributed by atoms with Gasteiger partial charge in [0, 0.05) is 17.7 Å². The average molecular weight is 465 g/mol. The number of aliphatic hydroxyl groups excluding tert-OH is 4. The largest absolute Gasteiger partial charge is 0.494 e. The van der Waals surface area contributed by atoms with E-state index in [-0.39, 0.29) is 11.8 Å². The first-order chi connectivity index (χ1) is 15.8. The molecule has 0 bridgehead atoms. The van der Waals surface area contributed by atoms with Crippen molar-refractivity contribution >= 4 is 0 Å². The van der Waals surface area contributed by atoms with E-state index < -0.39 is 37.3 Å². The number of unbranched alkanes of at least 4 members (excludes halogenated alkanes) is 1. The number of hydrogen-bond acceptors (Lipinski definition) is 8. The first kappa shape index (κ1) is 25.5. The van der Waals surface area contributed by atoms with Gasteiger partial charge in [-0.15, -0.1) is 5.10 Å². The van der Waals surface area contributed by atoms with Crippen molar-refractivity contribution in [1.82, 2.24) is 10.2 Å². The smallest absolute Gasteiger partial charge is 0.238 e. The van der Waals surface area contributed by atoms with E-state index in [0.29, 0.717) is 13.0 Å². The van der Waals surface area contributed by atoms with Crippen LogP contribution in [0.2, 0.25) is 0 Å². The molecule has 0 aliphatic carbocycles. The molecule has 2 aromatic rings. The van der Waals surface area contributed by atoms with E-state index in [2.05, 4.69) is 17.1 Å². The monoisotopic (exact) mass is 464 g/mol. The number of benzene rings is 1. The molecule has 1 saturated heterocycles. The van der Waals surface area contributed by atoms with Gasteiger partial charge in [-0.1, -0.05) is 33.3 Å². The van der Waals surface area contributed by atoms with Crippen LogP contribution in [0.25, 0.3) is 0 Å². The maximum Gasteiger partial charge on any atom is 0.238 e. The SMILES string of the molecule is CCCCOc1ccc(Cc2c(O[C@@H]3O[C@H](CO)[C@@H](O)[C@H](O)[C@H]3O)n[nH]c2C(C)C)c(C)c1. The minimum atomic E-state index is -1.52. The molecule has 2 heterocycles. The Hall–Kier alpha value is -2.17. The summed E-state index contributed by atoms with van der Waals surface area (Å²) >= 11 is 0. The number of H-pyrrole nitrogens is 1. The number of aromatic nitrogens is 2. The molecule has 0 radical (unpaired) electrons. The molecule has 9 nitrogen and oxygen atoms in total. The number of nitrogens with zero attached hydrogens (tertiary/aromatic N) is 1. The second kappa shape index (κ2) is 11.3. The summed E-state index contributed by atoms with van der Waals surface area (Å²) in [5, 5.41) is 47.2. The third-order valence-electron chi connectivity index (χ3n) is 5.96. The van der Waals surface area contributed by atoms with Crippen molar-refractivity contribution in [3.8, 4) is 11.6 Å². The van der Waals surface area contributed by atoms with Gasteiger partial charge in [-0.25, -0.2) is 0 Å². The Kier molecular flexibility index (Phi) is 8.72. The number of nitrogens with one attached hydrogen (secondary N) is 1. The molecule has 33 heavy (non-hydrogen) atoms. The molecule has 5 N–H and O–H groups in total. The molecule has 3 rings (SSSR count). The zero-order valence-electron chi connectivity index (χ0n) is 19.7. The maximum absolute atomic E-state index is 10.3. The van der Waals surface area contributed by atoms with Crippen molar-refractivity contribution in [2.45, 2.75) is 83.6 Å². The van der Waals surface area contributed by atoms with E-state index in [1.807, 2.05) is 39.0 Å². The lowest BCUT2D eigenvalue weighted by Crippen LogP contribution is -2.60. The lowest BCUT2D eigenvalue weighted by atomic mass is 9.96. The van der Waals surface area contributed by atoms with Gasteiger partial charge in [-0.3, -0.25) is 5.10 Å². The maximum atomic E-state index is 10.3. The van der Waals surface area contributed by atoms with E-state index in [9.17, 15) is 20.4 Å². The van der Waals surface area contributed by atoms with Gasteiger partial charge >= 0.3 is 0 Å². The molecule has 1 aromatic heterocycles. The zero-order valence-corrected chi connectivity index (χ0v) is 19.7. The first-order valence-electron chi connectivity index (χ1n) is 11.5. The highest BCUT2D eigenvalue weighted by atomic mass is 16.7. The van der Waals surface area contributed by atoms with Crippen LogP contribution < -0.4 is 9.47 Å². The van der Waals surface area contributed by atoms with Crippen molar-refractivity contribution in [2.75, 3.05) is 13.2 Å². The lowest BCUT2D eigenvalue weighted by molar-refractivity contribution is -0.278. The minimum absolute atomic E-state index is 0.136. The topological polar surface area (TPSA) is 137 Å². The fraction of sp³-hybridized carbons (Fsp3) is 0.625. The van der Waals surface area contributed by atoms with Crippen molar-refractivity contribution in [1.29, 1.82) is 0 Å². The van der Waals surface area contributed by atoms with E-state index >= 15 is 0 Å². The Morgan fingerprint density at radius 3 is 2.55 bits per heavy atom. The molecular formula is C24H36N2O7. The fourth-order valence-electron chi connectivity index (χ4n) is 3.86. The lowest BCUT2D eigenvalue weighted by Gasteiger charge is -2.39. The molecule has 0 saturated carbocycles. The summed E-state index contributed by atoms with van der Waals surface area (Å²) < 4.78 is 17.2. The molecule has 1 aliphatic heterocycles. The van der Waals surface area contributed by atoms with E-state index in [1.54, 1.807) is 0 Å². The van der Waals surface area contributed by atoms with Crippen molar-refractivity contribution in [3.05, 3.63) is 40.6 Å². The second-order valence-electron chi connectivity index (χ2n) is 8.86.